The van der Waals surface area contributed by atoms with E-state index in [9.17, 15) is 8.42 Å². The standard InChI is InChI=1S/C39H46N2O9S/c1-40-14-12-24-18-31(44-3)34-21-28(24)29(40)16-23-8-10-27(11-9-23)49-33-20-26(36(22-32(33)45-4)51(42,43)48-7)17-30-37-25(13-15-41(30)2)19-35(46-5)38(47-6)39(37)50-34/h8-11,18-22,29-31,34H,12-17H2,1-7H3/t29?,30-,31?,34?/m1/s1. The summed E-state index contributed by atoms with van der Waals surface area (Å²) in [6, 6.07) is 13.0. The van der Waals surface area contributed by atoms with Crippen LogP contribution in [-0.2, 0) is 38.3 Å². The van der Waals surface area contributed by atoms with Crippen molar-refractivity contribution in [1.29, 1.82) is 0 Å². The molecule has 272 valence electrons. The molecule has 0 spiro atoms. The molecule has 0 N–H and O–H groups in total. The van der Waals surface area contributed by atoms with E-state index in [1.54, 1.807) is 27.4 Å². The number of likely N-dealkylation sites (tertiary alicyclic amines) is 1. The molecule has 0 aromatic heterocycles. The summed E-state index contributed by atoms with van der Waals surface area (Å²) in [4.78, 5) is 4.62. The molecule has 1 fully saturated rings. The van der Waals surface area contributed by atoms with Gasteiger partial charge >= 0.3 is 0 Å². The smallest absolute Gasteiger partial charge is 0.297 e. The Balaban J connectivity index is 1.48. The van der Waals surface area contributed by atoms with Gasteiger partial charge in [-0.15, -0.1) is 0 Å². The average molecular weight is 719 g/mol. The number of rotatable bonds is 6. The van der Waals surface area contributed by atoms with E-state index in [0.29, 0.717) is 34.3 Å². The maximum atomic E-state index is 13.5. The lowest BCUT2D eigenvalue weighted by atomic mass is 9.81. The van der Waals surface area contributed by atoms with Crippen LogP contribution in [0.4, 0.5) is 0 Å². The number of fused-ring (bicyclic) bond motifs is 2. The van der Waals surface area contributed by atoms with E-state index in [0.717, 1.165) is 56.2 Å². The minimum Gasteiger partial charge on any atom is -0.493 e. The van der Waals surface area contributed by atoms with Gasteiger partial charge in [-0.05, 0) is 104 Å². The fourth-order valence-electron chi connectivity index (χ4n) is 7.92. The van der Waals surface area contributed by atoms with Crippen LogP contribution in [0.2, 0.25) is 0 Å². The molecule has 5 aliphatic rings. The number of benzene rings is 3. The molecule has 3 unspecified atom stereocenters. The zero-order chi connectivity index (χ0) is 36.0. The van der Waals surface area contributed by atoms with E-state index in [1.807, 2.05) is 25.2 Å². The summed E-state index contributed by atoms with van der Waals surface area (Å²) >= 11 is 0. The number of hydrogen-bond acceptors (Lipinski definition) is 11. The molecule has 0 amide bonds. The van der Waals surface area contributed by atoms with Crippen molar-refractivity contribution in [1.82, 2.24) is 9.80 Å². The summed E-state index contributed by atoms with van der Waals surface area (Å²) in [6.07, 6.45) is 6.31. The topological polar surface area (TPSA) is 105 Å². The van der Waals surface area contributed by atoms with E-state index < -0.39 is 16.2 Å². The van der Waals surface area contributed by atoms with Crippen LogP contribution < -0.4 is 23.7 Å². The lowest BCUT2D eigenvalue weighted by Gasteiger charge is -2.41. The second-order valence-electron chi connectivity index (χ2n) is 13.5. The van der Waals surface area contributed by atoms with Crippen molar-refractivity contribution < 1.29 is 41.0 Å². The van der Waals surface area contributed by atoms with Crippen LogP contribution in [0.25, 0.3) is 0 Å². The van der Waals surface area contributed by atoms with Gasteiger partial charge in [-0.3, -0.25) is 14.0 Å². The van der Waals surface area contributed by atoms with Crippen LogP contribution in [0.5, 0.6) is 34.5 Å². The van der Waals surface area contributed by atoms with Gasteiger partial charge in [0, 0.05) is 43.9 Å². The molecule has 3 aromatic carbocycles. The predicted octanol–water partition coefficient (Wildman–Crippen LogP) is 5.50. The van der Waals surface area contributed by atoms with Crippen LogP contribution in [0.15, 0.2) is 70.7 Å². The first-order valence-corrected chi connectivity index (χ1v) is 18.6. The predicted molar refractivity (Wildman–Crippen MR) is 192 cm³/mol. The summed E-state index contributed by atoms with van der Waals surface area (Å²) in [5.41, 5.74) is 6.08. The van der Waals surface area contributed by atoms with Crippen molar-refractivity contribution in [3.05, 3.63) is 88.0 Å². The maximum Gasteiger partial charge on any atom is 0.297 e. The van der Waals surface area contributed by atoms with E-state index in [2.05, 4.69) is 41.1 Å². The number of hydrogen-bond donors (Lipinski definition) is 0. The first-order valence-electron chi connectivity index (χ1n) is 17.2. The Hall–Kier alpha value is -4.07. The molecule has 4 heterocycles. The fraction of sp³-hybridized carbons (Fsp3) is 0.436. The molecule has 1 aliphatic carbocycles. The molecular formula is C39H46N2O9S. The van der Waals surface area contributed by atoms with Gasteiger partial charge in [-0.25, -0.2) is 0 Å². The van der Waals surface area contributed by atoms with Crippen LogP contribution in [-0.4, -0.2) is 99.2 Å². The lowest BCUT2D eigenvalue weighted by molar-refractivity contribution is 0.0481. The van der Waals surface area contributed by atoms with Gasteiger partial charge in [0.25, 0.3) is 10.1 Å². The molecule has 0 saturated carbocycles. The first kappa shape index (κ1) is 35.3. The SMILES string of the molecule is COc1cc(S(=O)(=O)OC)c2cc1Oc1ccc(cc1)CC1C3=CC(Oc4c(OC)c(OC)cc5c4[C@@H](C2)N(C)CC5)C(OC)C=C3CCN1C. The summed E-state index contributed by atoms with van der Waals surface area (Å²) in [5, 5.41) is 0. The quantitative estimate of drug-likeness (QED) is 0.302. The van der Waals surface area contributed by atoms with Crippen molar-refractivity contribution in [2.45, 2.75) is 54.9 Å². The maximum absolute atomic E-state index is 13.5. The van der Waals surface area contributed by atoms with Crippen molar-refractivity contribution in [3.63, 3.8) is 0 Å². The first-order chi connectivity index (χ1) is 24.6. The molecule has 11 nitrogen and oxygen atoms in total. The summed E-state index contributed by atoms with van der Waals surface area (Å²) in [6.45, 7) is 1.65. The molecule has 4 atom stereocenters. The zero-order valence-electron chi connectivity index (χ0n) is 30.2. The third kappa shape index (κ3) is 6.48. The second-order valence-corrected chi connectivity index (χ2v) is 15.2. The zero-order valence-corrected chi connectivity index (χ0v) is 31.0. The highest BCUT2D eigenvalue weighted by Gasteiger charge is 2.39. The molecule has 0 radical (unpaired) electrons. The molecule has 8 rings (SSSR count). The fourth-order valence-corrected chi connectivity index (χ4v) is 8.81. The van der Waals surface area contributed by atoms with Crippen LogP contribution in [0.3, 0.4) is 0 Å². The van der Waals surface area contributed by atoms with Gasteiger partial charge in [0.05, 0.1) is 28.4 Å². The summed E-state index contributed by atoms with van der Waals surface area (Å²) in [5.74, 6) is 2.84. The molecule has 3 aromatic rings. The Kier molecular flexibility index (Phi) is 9.81. The number of methoxy groups -OCH3 is 4. The molecule has 4 aliphatic heterocycles. The summed E-state index contributed by atoms with van der Waals surface area (Å²) in [7, 11) is 7.64. The van der Waals surface area contributed by atoms with Crippen molar-refractivity contribution in [2.75, 3.05) is 62.7 Å². The van der Waals surface area contributed by atoms with Gasteiger partial charge in [-0.2, -0.15) is 8.42 Å². The monoisotopic (exact) mass is 718 g/mol. The van der Waals surface area contributed by atoms with Crippen molar-refractivity contribution >= 4 is 10.1 Å². The van der Waals surface area contributed by atoms with Gasteiger partial charge in [0.15, 0.2) is 23.0 Å². The lowest BCUT2D eigenvalue weighted by Crippen LogP contribution is -2.44. The van der Waals surface area contributed by atoms with Crippen molar-refractivity contribution in [3.8, 4) is 34.5 Å². The molecular weight excluding hydrogens is 673 g/mol. The third-order valence-electron chi connectivity index (χ3n) is 10.7. The van der Waals surface area contributed by atoms with E-state index >= 15 is 0 Å². The van der Waals surface area contributed by atoms with Gasteiger partial charge < -0.3 is 28.4 Å². The average Bonchev–Trinajstić information content (AvgIpc) is 3.13. The van der Waals surface area contributed by atoms with E-state index in [-0.39, 0.29) is 35.3 Å². The molecule has 6 bridgehead atoms. The van der Waals surface area contributed by atoms with Crippen LogP contribution >= 0.6 is 0 Å². The summed E-state index contributed by atoms with van der Waals surface area (Å²) < 4.78 is 69.2. The number of piperidine rings is 1. The Bertz CT molecular complexity index is 1980. The largest absolute Gasteiger partial charge is 0.493 e. The highest BCUT2D eigenvalue weighted by molar-refractivity contribution is 7.86. The number of likely N-dealkylation sites (N-methyl/N-ethyl adjacent to an activating group) is 2. The molecule has 51 heavy (non-hydrogen) atoms. The Morgan fingerprint density at radius 1 is 0.784 bits per heavy atom. The minimum absolute atomic E-state index is 0.00371. The number of ether oxygens (including phenoxy) is 6. The molecule has 12 heteroatoms. The van der Waals surface area contributed by atoms with E-state index in [1.165, 1.54) is 24.3 Å². The normalized spacial score (nSPS) is 23.4. The van der Waals surface area contributed by atoms with E-state index in [4.69, 9.17) is 32.6 Å². The van der Waals surface area contributed by atoms with Crippen LogP contribution in [0, 0.1) is 0 Å². The Morgan fingerprint density at radius 2 is 1.51 bits per heavy atom. The van der Waals surface area contributed by atoms with Gasteiger partial charge in [0.1, 0.15) is 22.9 Å². The minimum atomic E-state index is -4.14. The Morgan fingerprint density at radius 3 is 2.20 bits per heavy atom. The number of nitrogens with zero attached hydrogens (tertiary/aromatic N) is 2. The van der Waals surface area contributed by atoms with Crippen LogP contribution in [0.1, 0.15) is 34.7 Å². The highest BCUT2D eigenvalue weighted by atomic mass is 32.2. The highest BCUT2D eigenvalue weighted by Crippen LogP contribution is 2.50. The third-order valence-corrected chi connectivity index (χ3v) is 12.1. The van der Waals surface area contributed by atoms with Gasteiger partial charge in [-0.1, -0.05) is 12.1 Å². The second kappa shape index (κ2) is 14.2. The molecule has 1 saturated heterocycles. The Labute approximate surface area is 300 Å². The van der Waals surface area contributed by atoms with Crippen molar-refractivity contribution in [2.24, 2.45) is 0 Å². The van der Waals surface area contributed by atoms with Gasteiger partial charge in [0.2, 0.25) is 5.75 Å².